The molecule has 0 radical (unpaired) electrons. The second kappa shape index (κ2) is 7.17. The Balaban J connectivity index is 2.00. The summed E-state index contributed by atoms with van der Waals surface area (Å²) in [4.78, 5) is 11.7. The summed E-state index contributed by atoms with van der Waals surface area (Å²) in [5.41, 5.74) is 0.929. The third-order valence-electron chi connectivity index (χ3n) is 2.99. The molecule has 1 amide bonds. The maximum atomic E-state index is 11.7. The van der Waals surface area contributed by atoms with E-state index in [1.54, 1.807) is 6.07 Å². The molecule has 6 nitrogen and oxygen atoms in total. The Bertz CT molecular complexity index is 503. The number of amides is 1. The Labute approximate surface area is 124 Å². The van der Waals surface area contributed by atoms with Crippen molar-refractivity contribution in [2.45, 2.75) is 20.4 Å². The monoisotopic (exact) mass is 294 g/mol. The Morgan fingerprint density at radius 2 is 2.05 bits per heavy atom. The minimum atomic E-state index is -0.128. The maximum absolute atomic E-state index is 11.7. The third kappa shape index (κ3) is 4.26. The van der Waals surface area contributed by atoms with Crippen molar-refractivity contribution in [1.29, 1.82) is 0 Å². The van der Waals surface area contributed by atoms with E-state index in [9.17, 15) is 4.79 Å². The van der Waals surface area contributed by atoms with Gasteiger partial charge in [-0.15, -0.1) is 0 Å². The molecular formula is C15H22N2O4. The smallest absolute Gasteiger partial charge is 0.257 e. The molecule has 0 saturated heterocycles. The lowest BCUT2D eigenvalue weighted by Gasteiger charge is -2.13. The normalized spacial score (nSPS) is 12.6. The summed E-state index contributed by atoms with van der Waals surface area (Å²) in [6.45, 7) is 5.57. The van der Waals surface area contributed by atoms with E-state index in [1.807, 2.05) is 27.0 Å². The molecule has 6 heteroatoms. The molecule has 0 aliphatic carbocycles. The highest BCUT2D eigenvalue weighted by atomic mass is 16.7. The minimum absolute atomic E-state index is 0.0108. The molecule has 0 aromatic heterocycles. The van der Waals surface area contributed by atoms with E-state index in [4.69, 9.17) is 14.2 Å². The first-order chi connectivity index (χ1) is 10.1. The molecule has 2 N–H and O–H groups in total. The molecule has 1 aliphatic heterocycles. The van der Waals surface area contributed by atoms with E-state index >= 15 is 0 Å². The summed E-state index contributed by atoms with van der Waals surface area (Å²) >= 11 is 0. The summed E-state index contributed by atoms with van der Waals surface area (Å²) in [5.74, 6) is 2.27. The minimum Gasteiger partial charge on any atom is -0.483 e. The van der Waals surface area contributed by atoms with Crippen molar-refractivity contribution in [3.8, 4) is 17.2 Å². The standard InChI is InChI=1S/C15H22N2O4/c1-10(2)6-17-15(18)8-19-12-5-14-13(20-9-21-14)4-11(12)7-16-3/h4-5,10,16H,6-9H2,1-3H3,(H,17,18). The molecule has 0 saturated carbocycles. The Morgan fingerprint density at radius 3 is 2.71 bits per heavy atom. The number of hydrogen-bond donors (Lipinski definition) is 2. The van der Waals surface area contributed by atoms with Crippen LogP contribution < -0.4 is 24.8 Å². The maximum Gasteiger partial charge on any atom is 0.257 e. The molecule has 0 unspecified atom stereocenters. The molecule has 1 aliphatic rings. The lowest BCUT2D eigenvalue weighted by atomic mass is 10.1. The molecule has 2 rings (SSSR count). The van der Waals surface area contributed by atoms with Gasteiger partial charge in [-0.3, -0.25) is 4.79 Å². The molecule has 1 aromatic rings. The van der Waals surface area contributed by atoms with Gasteiger partial charge in [-0.1, -0.05) is 13.8 Å². The number of carbonyl (C=O) groups excluding carboxylic acids is 1. The SMILES string of the molecule is CNCc1cc2c(cc1OCC(=O)NCC(C)C)OCO2. The fourth-order valence-electron chi connectivity index (χ4n) is 1.94. The van der Waals surface area contributed by atoms with E-state index in [-0.39, 0.29) is 19.3 Å². The average Bonchev–Trinajstić information content (AvgIpc) is 2.90. The van der Waals surface area contributed by atoms with Gasteiger partial charge in [0, 0.05) is 24.7 Å². The highest BCUT2D eigenvalue weighted by molar-refractivity contribution is 5.77. The zero-order chi connectivity index (χ0) is 15.2. The van der Waals surface area contributed by atoms with Crippen LogP contribution in [0.2, 0.25) is 0 Å². The number of ether oxygens (including phenoxy) is 3. The van der Waals surface area contributed by atoms with Crippen LogP contribution in [-0.2, 0) is 11.3 Å². The van der Waals surface area contributed by atoms with Gasteiger partial charge in [-0.05, 0) is 19.0 Å². The summed E-state index contributed by atoms with van der Waals surface area (Å²) < 4.78 is 16.3. The summed E-state index contributed by atoms with van der Waals surface area (Å²) in [7, 11) is 1.85. The van der Waals surface area contributed by atoms with Gasteiger partial charge in [0.2, 0.25) is 6.79 Å². The average molecular weight is 294 g/mol. The molecule has 0 fully saturated rings. The second-order valence-corrected chi connectivity index (χ2v) is 5.33. The first kappa shape index (κ1) is 15.4. The van der Waals surface area contributed by atoms with Crippen LogP contribution in [0.25, 0.3) is 0 Å². The van der Waals surface area contributed by atoms with E-state index in [0.717, 1.165) is 5.56 Å². The van der Waals surface area contributed by atoms with Gasteiger partial charge in [0.25, 0.3) is 5.91 Å². The fourth-order valence-corrected chi connectivity index (χ4v) is 1.94. The van der Waals surface area contributed by atoms with Crippen molar-refractivity contribution in [3.05, 3.63) is 17.7 Å². The quantitative estimate of drug-likeness (QED) is 0.793. The zero-order valence-electron chi connectivity index (χ0n) is 12.7. The number of benzene rings is 1. The van der Waals surface area contributed by atoms with Gasteiger partial charge in [-0.25, -0.2) is 0 Å². The van der Waals surface area contributed by atoms with Gasteiger partial charge in [-0.2, -0.15) is 0 Å². The molecule has 0 bridgehead atoms. The van der Waals surface area contributed by atoms with Crippen molar-refractivity contribution >= 4 is 5.91 Å². The molecule has 116 valence electrons. The first-order valence-electron chi connectivity index (χ1n) is 7.06. The molecule has 1 aromatic carbocycles. The van der Waals surface area contributed by atoms with Crippen LogP contribution >= 0.6 is 0 Å². The van der Waals surface area contributed by atoms with Gasteiger partial charge in [0.15, 0.2) is 18.1 Å². The van der Waals surface area contributed by atoms with Gasteiger partial charge >= 0.3 is 0 Å². The number of rotatable bonds is 7. The first-order valence-corrected chi connectivity index (χ1v) is 7.06. The van der Waals surface area contributed by atoms with Crippen molar-refractivity contribution < 1.29 is 19.0 Å². The topological polar surface area (TPSA) is 68.8 Å². The molecule has 1 heterocycles. The lowest BCUT2D eigenvalue weighted by molar-refractivity contribution is -0.123. The van der Waals surface area contributed by atoms with E-state index in [2.05, 4.69) is 10.6 Å². The Hall–Kier alpha value is -1.95. The van der Waals surface area contributed by atoms with Crippen LogP contribution in [0.3, 0.4) is 0 Å². The van der Waals surface area contributed by atoms with Crippen LogP contribution in [0.1, 0.15) is 19.4 Å². The highest BCUT2D eigenvalue weighted by Crippen LogP contribution is 2.38. The van der Waals surface area contributed by atoms with Crippen molar-refractivity contribution in [2.75, 3.05) is 27.0 Å². The van der Waals surface area contributed by atoms with E-state index in [1.165, 1.54) is 0 Å². The zero-order valence-corrected chi connectivity index (χ0v) is 12.7. The number of hydrogen-bond acceptors (Lipinski definition) is 5. The lowest BCUT2D eigenvalue weighted by Crippen LogP contribution is -2.31. The molecular weight excluding hydrogens is 272 g/mol. The van der Waals surface area contributed by atoms with Crippen LogP contribution in [0, 0.1) is 5.92 Å². The van der Waals surface area contributed by atoms with E-state index in [0.29, 0.717) is 36.3 Å². The van der Waals surface area contributed by atoms with Crippen LogP contribution in [0.5, 0.6) is 17.2 Å². The molecule has 0 spiro atoms. The Kier molecular flexibility index (Phi) is 5.27. The van der Waals surface area contributed by atoms with Crippen molar-refractivity contribution in [3.63, 3.8) is 0 Å². The summed E-state index contributed by atoms with van der Waals surface area (Å²) in [6, 6.07) is 3.64. The van der Waals surface area contributed by atoms with Gasteiger partial charge < -0.3 is 24.8 Å². The van der Waals surface area contributed by atoms with E-state index < -0.39 is 0 Å². The molecule has 0 atom stereocenters. The van der Waals surface area contributed by atoms with Crippen LogP contribution in [0.15, 0.2) is 12.1 Å². The summed E-state index contributed by atoms with van der Waals surface area (Å²) in [6.07, 6.45) is 0. The fraction of sp³-hybridized carbons (Fsp3) is 0.533. The number of fused-ring (bicyclic) bond motifs is 1. The van der Waals surface area contributed by atoms with Gasteiger partial charge in [0.05, 0.1) is 0 Å². The number of nitrogens with one attached hydrogen (secondary N) is 2. The van der Waals surface area contributed by atoms with Gasteiger partial charge in [0.1, 0.15) is 5.75 Å². The molecule has 21 heavy (non-hydrogen) atoms. The third-order valence-corrected chi connectivity index (χ3v) is 2.99. The predicted molar refractivity (Wildman–Crippen MR) is 78.7 cm³/mol. The summed E-state index contributed by atoms with van der Waals surface area (Å²) in [5, 5.41) is 5.89. The second-order valence-electron chi connectivity index (χ2n) is 5.33. The van der Waals surface area contributed by atoms with Crippen LogP contribution in [0.4, 0.5) is 0 Å². The largest absolute Gasteiger partial charge is 0.483 e. The predicted octanol–water partition coefficient (Wildman–Crippen LogP) is 1.29. The Morgan fingerprint density at radius 1 is 1.33 bits per heavy atom. The highest BCUT2D eigenvalue weighted by Gasteiger charge is 2.18. The van der Waals surface area contributed by atoms with Crippen LogP contribution in [-0.4, -0.2) is 32.9 Å². The number of carbonyl (C=O) groups is 1. The van der Waals surface area contributed by atoms with Crippen molar-refractivity contribution in [2.24, 2.45) is 5.92 Å². The van der Waals surface area contributed by atoms with Crippen molar-refractivity contribution in [1.82, 2.24) is 10.6 Å².